The van der Waals surface area contributed by atoms with Gasteiger partial charge < -0.3 is 14.6 Å². The minimum absolute atomic E-state index is 0.0577. The summed E-state index contributed by atoms with van der Waals surface area (Å²) in [6.07, 6.45) is 1.31. The molecule has 1 N–H and O–H groups in total. The Balaban J connectivity index is 1.55. The van der Waals surface area contributed by atoms with Crippen LogP contribution in [0.4, 0.5) is 5.69 Å². The van der Waals surface area contributed by atoms with Crippen LogP contribution in [-0.2, 0) is 6.61 Å². The number of fused-ring (bicyclic) bond motifs is 1. The average Bonchev–Trinajstić information content (AvgIpc) is 2.99. The molecular formula is C30H22N4O7. The van der Waals surface area contributed by atoms with Crippen molar-refractivity contribution in [2.24, 2.45) is 5.10 Å². The van der Waals surface area contributed by atoms with E-state index in [1.54, 1.807) is 48.5 Å². The Morgan fingerprint density at radius 2 is 1.80 bits per heavy atom. The second-order valence-electron chi connectivity index (χ2n) is 8.80. The third kappa shape index (κ3) is 5.64. The van der Waals surface area contributed by atoms with Crippen LogP contribution < -0.4 is 15.0 Å². The van der Waals surface area contributed by atoms with E-state index in [0.29, 0.717) is 27.9 Å². The first kappa shape index (κ1) is 26.8. The third-order valence-corrected chi connectivity index (χ3v) is 6.14. The summed E-state index contributed by atoms with van der Waals surface area (Å²) in [5.41, 5.74) is 1.20. The van der Waals surface area contributed by atoms with Crippen LogP contribution in [0.2, 0.25) is 0 Å². The van der Waals surface area contributed by atoms with Crippen LogP contribution in [0.15, 0.2) is 101 Å². The monoisotopic (exact) mass is 550 g/mol. The first-order valence-electron chi connectivity index (χ1n) is 12.3. The molecule has 0 aliphatic carbocycles. The Morgan fingerprint density at radius 1 is 1.05 bits per heavy atom. The van der Waals surface area contributed by atoms with E-state index in [2.05, 4.69) is 10.1 Å². The fourth-order valence-electron chi connectivity index (χ4n) is 4.19. The maximum Gasteiger partial charge on any atom is 0.335 e. The van der Waals surface area contributed by atoms with Gasteiger partial charge in [0.25, 0.3) is 5.56 Å². The maximum absolute atomic E-state index is 13.4. The number of rotatable bonds is 9. The van der Waals surface area contributed by atoms with Gasteiger partial charge in [0, 0.05) is 17.2 Å². The van der Waals surface area contributed by atoms with Crippen LogP contribution in [0, 0.1) is 10.1 Å². The number of ether oxygens (including phenoxy) is 2. The normalized spacial score (nSPS) is 11.0. The van der Waals surface area contributed by atoms with Crippen molar-refractivity contribution in [1.82, 2.24) is 9.66 Å². The van der Waals surface area contributed by atoms with E-state index in [4.69, 9.17) is 9.47 Å². The minimum Gasteiger partial charge on any atom is -0.493 e. The van der Waals surface area contributed by atoms with Gasteiger partial charge in [0.05, 0.1) is 34.7 Å². The van der Waals surface area contributed by atoms with E-state index >= 15 is 0 Å². The van der Waals surface area contributed by atoms with Crippen LogP contribution in [0.1, 0.15) is 21.5 Å². The number of nitrogens with zero attached hydrogens (tertiary/aromatic N) is 4. The van der Waals surface area contributed by atoms with Gasteiger partial charge in [-0.15, -0.1) is 0 Å². The molecule has 1 heterocycles. The number of nitro groups is 1. The van der Waals surface area contributed by atoms with E-state index < -0.39 is 22.1 Å². The number of hydrogen-bond acceptors (Lipinski definition) is 8. The van der Waals surface area contributed by atoms with Crippen molar-refractivity contribution in [3.8, 4) is 22.9 Å². The summed E-state index contributed by atoms with van der Waals surface area (Å²) in [7, 11) is 1.34. The summed E-state index contributed by atoms with van der Waals surface area (Å²) in [6, 6.07) is 24.8. The van der Waals surface area contributed by atoms with E-state index in [1.165, 1.54) is 37.6 Å². The Morgan fingerprint density at radius 3 is 2.54 bits per heavy atom. The summed E-state index contributed by atoms with van der Waals surface area (Å²) < 4.78 is 12.3. The summed E-state index contributed by atoms with van der Waals surface area (Å²) in [5.74, 6) is -0.877. The molecule has 0 spiro atoms. The van der Waals surface area contributed by atoms with Crippen LogP contribution in [-0.4, -0.2) is 39.0 Å². The van der Waals surface area contributed by atoms with E-state index in [1.807, 2.05) is 18.2 Å². The van der Waals surface area contributed by atoms with Crippen molar-refractivity contribution in [2.45, 2.75) is 6.61 Å². The highest BCUT2D eigenvalue weighted by Gasteiger charge is 2.23. The second-order valence-corrected chi connectivity index (χ2v) is 8.80. The van der Waals surface area contributed by atoms with Crippen LogP contribution in [0.5, 0.6) is 11.5 Å². The van der Waals surface area contributed by atoms with Gasteiger partial charge in [-0.05, 0) is 35.9 Å². The smallest absolute Gasteiger partial charge is 0.335 e. The molecule has 0 fully saturated rings. The van der Waals surface area contributed by atoms with Crippen molar-refractivity contribution in [3.63, 3.8) is 0 Å². The van der Waals surface area contributed by atoms with Gasteiger partial charge in [-0.2, -0.15) is 9.78 Å². The molecule has 41 heavy (non-hydrogen) atoms. The minimum atomic E-state index is -1.10. The lowest BCUT2D eigenvalue weighted by Gasteiger charge is -2.12. The first-order chi connectivity index (χ1) is 19.9. The quantitative estimate of drug-likeness (QED) is 0.151. The topological polar surface area (TPSA) is 146 Å². The lowest BCUT2D eigenvalue weighted by Crippen LogP contribution is -2.20. The Kier molecular flexibility index (Phi) is 7.50. The molecule has 4 aromatic carbocycles. The van der Waals surface area contributed by atoms with Crippen molar-refractivity contribution in [2.75, 3.05) is 7.11 Å². The summed E-state index contributed by atoms with van der Waals surface area (Å²) in [4.78, 5) is 40.7. The zero-order valence-electron chi connectivity index (χ0n) is 21.6. The molecule has 1 aromatic heterocycles. The number of carbonyl (C=O) groups is 1. The van der Waals surface area contributed by atoms with Gasteiger partial charge in [0.15, 0.2) is 11.6 Å². The molecular weight excluding hydrogens is 528 g/mol. The van der Waals surface area contributed by atoms with E-state index in [-0.39, 0.29) is 29.2 Å². The highest BCUT2D eigenvalue weighted by molar-refractivity contribution is 5.87. The summed E-state index contributed by atoms with van der Waals surface area (Å²) in [5, 5.41) is 25.9. The van der Waals surface area contributed by atoms with Crippen LogP contribution >= 0.6 is 0 Å². The molecule has 204 valence electrons. The largest absolute Gasteiger partial charge is 0.493 e. The number of methoxy groups -OCH3 is 1. The average molecular weight is 551 g/mol. The van der Waals surface area contributed by atoms with Gasteiger partial charge in [0.2, 0.25) is 5.75 Å². The van der Waals surface area contributed by atoms with Crippen LogP contribution in [0.3, 0.4) is 0 Å². The molecule has 0 saturated heterocycles. The number of para-hydroxylation sites is 1. The molecule has 0 aliphatic rings. The molecule has 0 unspecified atom stereocenters. The number of carboxylic acids is 1. The second kappa shape index (κ2) is 11.5. The number of carboxylic acid groups (broad SMARTS) is 1. The maximum atomic E-state index is 13.4. The molecule has 11 nitrogen and oxygen atoms in total. The number of aromatic carboxylic acids is 1. The van der Waals surface area contributed by atoms with Gasteiger partial charge in [-0.1, -0.05) is 54.6 Å². The summed E-state index contributed by atoms with van der Waals surface area (Å²) in [6.45, 7) is -0.135. The predicted molar refractivity (Wildman–Crippen MR) is 152 cm³/mol. The highest BCUT2D eigenvalue weighted by Crippen LogP contribution is 2.38. The van der Waals surface area contributed by atoms with Crippen molar-refractivity contribution < 1.29 is 24.3 Å². The number of aromatic nitrogens is 2. The first-order valence-corrected chi connectivity index (χ1v) is 12.3. The van der Waals surface area contributed by atoms with Crippen molar-refractivity contribution in [1.29, 1.82) is 0 Å². The molecule has 0 aliphatic heterocycles. The van der Waals surface area contributed by atoms with Crippen molar-refractivity contribution >= 4 is 28.8 Å². The molecule has 0 atom stereocenters. The Labute approximate surface area is 232 Å². The molecule has 5 rings (SSSR count). The lowest BCUT2D eigenvalue weighted by atomic mass is 10.1. The predicted octanol–water partition coefficient (Wildman–Crippen LogP) is 5.14. The molecule has 0 bridgehead atoms. The Hall–Kier alpha value is -5.84. The SMILES string of the molecule is COc1cc(C=Nn2c(-c3ccccc3)nc3ccccc3c2=O)cc([N+](=O)[O-])c1OCc1cccc(C(=O)O)c1. The fraction of sp³-hybridized carbons (Fsp3) is 0.0667. The zero-order chi connectivity index (χ0) is 28.9. The number of nitro benzene ring substituents is 1. The molecule has 11 heteroatoms. The van der Waals surface area contributed by atoms with Gasteiger partial charge in [-0.3, -0.25) is 14.9 Å². The molecule has 5 aromatic rings. The highest BCUT2D eigenvalue weighted by atomic mass is 16.6. The van der Waals surface area contributed by atoms with Crippen LogP contribution in [0.25, 0.3) is 22.3 Å². The van der Waals surface area contributed by atoms with Gasteiger partial charge in [0.1, 0.15) is 6.61 Å². The van der Waals surface area contributed by atoms with E-state index in [9.17, 15) is 24.8 Å². The fourth-order valence-corrected chi connectivity index (χ4v) is 4.19. The molecule has 0 amide bonds. The van der Waals surface area contributed by atoms with Crippen molar-refractivity contribution in [3.05, 3.63) is 128 Å². The number of benzene rings is 4. The number of hydrogen-bond donors (Lipinski definition) is 1. The van der Waals surface area contributed by atoms with E-state index in [0.717, 1.165) is 4.68 Å². The molecule has 0 saturated carbocycles. The molecule has 0 radical (unpaired) electrons. The zero-order valence-corrected chi connectivity index (χ0v) is 21.6. The Bertz CT molecular complexity index is 1870. The third-order valence-electron chi connectivity index (χ3n) is 6.14. The summed E-state index contributed by atoms with van der Waals surface area (Å²) >= 11 is 0. The van der Waals surface area contributed by atoms with Gasteiger partial charge in [-0.25, -0.2) is 9.78 Å². The lowest BCUT2D eigenvalue weighted by molar-refractivity contribution is -0.386. The standard InChI is InChI=1S/C30H22N4O7/c1-40-26-16-20(15-25(34(38)39)27(26)41-18-19-8-7-11-22(14-19)30(36)37)17-31-33-28(21-9-3-2-4-10-21)32-24-13-6-5-12-23(24)29(33)35/h2-17H,18H2,1H3,(H,36,37). The van der Waals surface area contributed by atoms with Gasteiger partial charge >= 0.3 is 11.7 Å².